The van der Waals surface area contributed by atoms with Crippen molar-refractivity contribution in [2.45, 2.75) is 44.3 Å². The molecule has 0 fully saturated rings. The van der Waals surface area contributed by atoms with Crippen molar-refractivity contribution in [2.75, 3.05) is 0 Å². The second kappa shape index (κ2) is 10.4. The van der Waals surface area contributed by atoms with E-state index in [4.69, 9.17) is 4.65 Å². The Morgan fingerprint density at radius 1 is 0.478 bits per heavy atom. The van der Waals surface area contributed by atoms with Gasteiger partial charge >= 0.3 is 7.48 Å². The molecule has 1 N–H and O–H groups in total. The van der Waals surface area contributed by atoms with Gasteiger partial charge in [0.15, 0.2) is 0 Å². The monoisotopic (exact) mass is 596 g/mol. The normalized spacial score (nSPS) is 14.0. The minimum Gasteiger partial charge on any atom is -0.427 e. The summed E-state index contributed by atoms with van der Waals surface area (Å²) in [5.74, 6) is 0. The summed E-state index contributed by atoms with van der Waals surface area (Å²) in [6.45, 7) is 7.42. The summed E-state index contributed by atoms with van der Waals surface area (Å²) in [5, 5.41) is 10.4. The summed E-state index contributed by atoms with van der Waals surface area (Å²) < 4.78 is 6.07. The smallest absolute Gasteiger partial charge is 0.309 e. The largest absolute Gasteiger partial charge is 0.427 e. The Labute approximate surface area is 272 Å². The fraction of sp³-hybridized carbons (Fsp3) is 0.163. The zero-order valence-corrected chi connectivity index (χ0v) is 26.8. The molecule has 2 aliphatic carbocycles. The number of benzene rings is 6. The first-order chi connectivity index (χ1) is 22.2. The Bertz CT molecular complexity index is 2040. The van der Waals surface area contributed by atoms with E-state index in [1.54, 1.807) is 13.8 Å². The fourth-order valence-corrected chi connectivity index (χ4v) is 7.36. The van der Waals surface area contributed by atoms with Gasteiger partial charge in [-0.1, -0.05) is 139 Å². The highest BCUT2D eigenvalue weighted by Crippen LogP contribution is 2.62. The topological polar surface area (TPSA) is 29.5 Å². The molecule has 0 bridgehead atoms. The number of hydrogen-bond acceptors (Lipinski definition) is 2. The second-order valence-corrected chi connectivity index (χ2v) is 13.8. The Kier molecular flexibility index (Phi) is 6.51. The molecule has 0 saturated carbocycles. The van der Waals surface area contributed by atoms with Crippen LogP contribution in [0.15, 0.2) is 140 Å². The van der Waals surface area contributed by atoms with Crippen molar-refractivity contribution < 1.29 is 9.76 Å². The molecule has 6 aromatic carbocycles. The van der Waals surface area contributed by atoms with Crippen molar-refractivity contribution in [1.82, 2.24) is 0 Å². The van der Waals surface area contributed by atoms with Gasteiger partial charge in [-0.2, -0.15) is 0 Å². The van der Waals surface area contributed by atoms with Crippen LogP contribution in [0, 0.1) is 0 Å². The van der Waals surface area contributed by atoms with Crippen LogP contribution in [0.5, 0.6) is 0 Å². The van der Waals surface area contributed by atoms with E-state index in [0.717, 1.165) is 5.46 Å². The van der Waals surface area contributed by atoms with Crippen molar-refractivity contribution in [3.8, 4) is 44.5 Å². The molecule has 0 aromatic heterocycles. The molecular weight excluding hydrogens is 559 g/mol. The van der Waals surface area contributed by atoms with Crippen LogP contribution >= 0.6 is 0 Å². The lowest BCUT2D eigenvalue weighted by molar-refractivity contribution is -0.0893. The summed E-state index contributed by atoms with van der Waals surface area (Å²) in [6.07, 6.45) is 0. The lowest BCUT2D eigenvalue weighted by atomic mass is 9.70. The maximum Gasteiger partial charge on any atom is 0.309 e. The van der Waals surface area contributed by atoms with E-state index in [-0.39, 0.29) is 5.41 Å². The van der Waals surface area contributed by atoms with Crippen LogP contribution in [-0.2, 0) is 10.1 Å². The number of aliphatic hydroxyl groups is 1. The highest BCUT2D eigenvalue weighted by atomic mass is 16.5. The summed E-state index contributed by atoms with van der Waals surface area (Å²) in [4.78, 5) is 0. The van der Waals surface area contributed by atoms with Gasteiger partial charge in [0, 0.05) is 0 Å². The van der Waals surface area contributed by atoms with Crippen LogP contribution < -0.4 is 5.46 Å². The number of fused-ring (bicyclic) bond motifs is 10. The average Bonchev–Trinajstić information content (AvgIpc) is 3.54. The molecule has 0 aliphatic heterocycles. The predicted molar refractivity (Wildman–Crippen MR) is 192 cm³/mol. The molecule has 1 spiro atoms. The Morgan fingerprint density at radius 2 is 0.870 bits per heavy atom. The molecule has 0 saturated heterocycles. The maximum atomic E-state index is 10.4. The Hall–Kier alpha value is -4.70. The van der Waals surface area contributed by atoms with Crippen molar-refractivity contribution in [3.05, 3.63) is 162 Å². The van der Waals surface area contributed by atoms with Gasteiger partial charge < -0.3 is 9.76 Å². The van der Waals surface area contributed by atoms with Gasteiger partial charge in [-0.25, -0.2) is 0 Å². The highest BCUT2D eigenvalue weighted by Gasteiger charge is 2.51. The van der Waals surface area contributed by atoms with Gasteiger partial charge in [0.1, 0.15) is 0 Å². The summed E-state index contributed by atoms with van der Waals surface area (Å²) in [5.41, 5.74) is 14.7. The first kappa shape index (κ1) is 28.8. The molecule has 2 nitrogen and oxygen atoms in total. The highest BCUT2D eigenvalue weighted by molar-refractivity contribution is 6.47. The molecule has 46 heavy (non-hydrogen) atoms. The van der Waals surface area contributed by atoms with E-state index in [1.165, 1.54) is 66.8 Å². The van der Waals surface area contributed by atoms with Crippen LogP contribution in [0.2, 0.25) is 0 Å². The first-order valence-corrected chi connectivity index (χ1v) is 16.2. The molecule has 0 amide bonds. The lowest BCUT2D eigenvalue weighted by Gasteiger charge is -2.37. The van der Waals surface area contributed by atoms with Gasteiger partial charge in [0.05, 0.1) is 16.6 Å². The Balaban J connectivity index is 1.14. The molecule has 2 aliphatic rings. The molecular formula is C43H37BO2. The molecule has 224 valence electrons. The minimum atomic E-state index is -0.926. The van der Waals surface area contributed by atoms with Crippen molar-refractivity contribution in [1.29, 1.82) is 0 Å². The van der Waals surface area contributed by atoms with E-state index >= 15 is 0 Å². The molecule has 6 aromatic rings. The summed E-state index contributed by atoms with van der Waals surface area (Å²) >= 11 is 0. The van der Waals surface area contributed by atoms with Crippen molar-refractivity contribution in [2.24, 2.45) is 0 Å². The minimum absolute atomic E-state index is 0.331. The first-order valence-electron chi connectivity index (χ1n) is 16.2. The fourth-order valence-electron chi connectivity index (χ4n) is 7.36. The van der Waals surface area contributed by atoms with Crippen LogP contribution in [-0.4, -0.2) is 23.8 Å². The van der Waals surface area contributed by atoms with Gasteiger partial charge in [0.2, 0.25) is 0 Å². The maximum absolute atomic E-state index is 10.4. The average molecular weight is 597 g/mol. The molecule has 0 heterocycles. The predicted octanol–water partition coefficient (Wildman–Crippen LogP) is 8.91. The van der Waals surface area contributed by atoms with Gasteiger partial charge in [-0.05, 0) is 101 Å². The molecule has 0 atom stereocenters. The SMILES string of the molecule is CC(C)(O)C(C)(C)OBc1ccc(-c2ccc(-c3ccc4c(c3)C3(c5ccccc5-c5ccccc53)c3ccccc3-4)cc2)cc1. The summed E-state index contributed by atoms with van der Waals surface area (Å²) in [7, 11) is 0.453. The van der Waals surface area contributed by atoms with Gasteiger partial charge in [0.25, 0.3) is 0 Å². The van der Waals surface area contributed by atoms with E-state index < -0.39 is 11.2 Å². The molecule has 0 radical (unpaired) electrons. The lowest BCUT2D eigenvalue weighted by Crippen LogP contribution is -2.49. The third-order valence-corrected chi connectivity index (χ3v) is 10.6. The van der Waals surface area contributed by atoms with Crippen molar-refractivity contribution in [3.63, 3.8) is 0 Å². The zero-order valence-electron chi connectivity index (χ0n) is 26.8. The number of hydrogen-bond donors (Lipinski definition) is 1. The third-order valence-electron chi connectivity index (χ3n) is 10.6. The van der Waals surface area contributed by atoms with E-state index in [1.807, 2.05) is 13.8 Å². The van der Waals surface area contributed by atoms with Gasteiger partial charge in [-0.3, -0.25) is 0 Å². The van der Waals surface area contributed by atoms with Gasteiger partial charge in [-0.15, -0.1) is 0 Å². The quantitative estimate of drug-likeness (QED) is 0.194. The van der Waals surface area contributed by atoms with Crippen LogP contribution in [0.4, 0.5) is 0 Å². The van der Waals surface area contributed by atoms with E-state index in [9.17, 15) is 5.11 Å². The molecule has 0 unspecified atom stereocenters. The molecule has 8 rings (SSSR count). The molecule has 3 heteroatoms. The van der Waals surface area contributed by atoms with E-state index in [2.05, 4.69) is 140 Å². The second-order valence-electron chi connectivity index (χ2n) is 13.8. The number of rotatable bonds is 6. The zero-order chi connectivity index (χ0) is 31.7. The van der Waals surface area contributed by atoms with Crippen LogP contribution in [0.1, 0.15) is 49.9 Å². The third kappa shape index (κ3) is 4.26. The van der Waals surface area contributed by atoms with Crippen LogP contribution in [0.25, 0.3) is 44.5 Å². The van der Waals surface area contributed by atoms with Crippen LogP contribution in [0.3, 0.4) is 0 Å². The summed E-state index contributed by atoms with van der Waals surface area (Å²) in [6, 6.07) is 51.4. The van der Waals surface area contributed by atoms with Crippen molar-refractivity contribution >= 4 is 12.9 Å². The Morgan fingerprint density at radius 3 is 1.35 bits per heavy atom. The standard InChI is InChI=1S/C43H37BO2/c1-41(2,45)42(3,4)46-44-32-24-21-29(22-25-32)28-17-19-30(20-18-28)31-23-26-36-35-13-7-10-16-39(35)43(40(36)27-31)37-14-8-5-11-33(37)34-12-6-9-15-38(34)43/h5-27,44-45H,1-4H3. The van der Waals surface area contributed by atoms with E-state index in [0.29, 0.717) is 7.48 Å².